The fourth-order valence-corrected chi connectivity index (χ4v) is 17.1. The molecule has 11 aliphatic heterocycles. The zero-order valence-electron chi connectivity index (χ0n) is 70.3. The van der Waals surface area contributed by atoms with Gasteiger partial charge in [0.2, 0.25) is 23.6 Å². The van der Waals surface area contributed by atoms with E-state index in [9.17, 15) is 162 Å². The highest BCUT2D eigenvalue weighted by Crippen LogP contribution is 2.43. The molecule has 11 aliphatic rings. The summed E-state index contributed by atoms with van der Waals surface area (Å²) in [5.74, 6) is -3.90. The predicted molar refractivity (Wildman–Crippen MR) is 400 cm³/mol. The topological polar surface area (TPSA) is 877 Å². The van der Waals surface area contributed by atoms with Crippen molar-refractivity contribution in [2.24, 2.45) is 0 Å². The van der Waals surface area contributed by atoms with Gasteiger partial charge >= 0.3 is 0 Å². The summed E-state index contributed by atoms with van der Waals surface area (Å²) in [6.07, 6.45) is -107. The maximum absolute atomic E-state index is 13.7. The number of aliphatic hydroxyl groups is 28. The second kappa shape index (κ2) is 46.1. The fourth-order valence-electron chi connectivity index (χ4n) is 17.1. The van der Waals surface area contributed by atoms with Gasteiger partial charge in [-0.25, -0.2) is 0 Å². The van der Waals surface area contributed by atoms with Crippen molar-refractivity contribution in [1.29, 1.82) is 0 Å². The third-order valence-electron chi connectivity index (χ3n) is 24.2. The fraction of sp³-hybridized carbons (Fsp3) is 0.945. The largest absolute Gasteiger partial charge is 0.394 e. The van der Waals surface area contributed by atoms with Crippen LogP contribution in [0.2, 0.25) is 0 Å². The van der Waals surface area contributed by atoms with Gasteiger partial charge in [-0.15, -0.1) is 0 Å². The number of amides is 4. The molecular formula is C73H122N4O53. The predicted octanol–water partition coefficient (Wildman–Crippen LogP) is -21.7. The van der Waals surface area contributed by atoms with Gasteiger partial charge in [-0.3, -0.25) is 19.2 Å². The molecule has 0 saturated carbocycles. The van der Waals surface area contributed by atoms with Crippen LogP contribution in [0.5, 0.6) is 0 Å². The molecule has 11 fully saturated rings. The van der Waals surface area contributed by atoms with Gasteiger partial charge in [0, 0.05) is 27.7 Å². The first kappa shape index (κ1) is 106. The standard InChI is InChI=1S/C73H122N4O53/c1-16-35(90)45(100)51(106)67(111-16)124-56-29(14-85)120-66(34(77-21(6)89)58(56)126-70-53(108)47(102)38(93)23(8-79)115-70)129-61-49(104)40(95)25(10-81)118-72(61)127-59-42(97)30(15-110-71-60(48(103)39(94)24(9-80)117-71)128-64-31(74-18(3)86)43(98)37(92)22(7-78)114-64)121-73(62(59)130-69-50(105)41(96)26(11-82)116-69)122-54-27(12-83)119-65(32(44(54)99)75-19(4)87)123-55-28(13-84)113-63(109)33(76-20(5)88)57(55)125-68-52(107)46(101)36(91)17(2)112-68/h16-17,22-73,78-85,90-109H,7-15H2,1-6H3,(H,74,86)(H,75,87)(H,76,88)(H,77,89)/t16-,17-,22+,23+,24+,25+,26+,27+,28+,29+,30+,31+,32+,33+,34+,35+,36+,37+,38-,39+,40+,41-,42+,43+,44+,45+,46+,47-,48-,49-,50+,51-,52-,53+,54+,55+,56+,57+,58+,59-,60-,61-,62-,63+,64-,65-,66-,67-,68-,69-,70+,71-,72+,73-/m0/s1. The molecule has 57 heteroatoms. The summed E-state index contributed by atoms with van der Waals surface area (Å²) in [5, 5.41) is 326. The van der Waals surface area contributed by atoms with Crippen LogP contribution in [0, 0.1) is 0 Å². The smallest absolute Gasteiger partial charge is 0.217 e. The number of carbonyl (C=O) groups is 4. The van der Waals surface area contributed by atoms with Crippen LogP contribution in [0.1, 0.15) is 41.5 Å². The number of nitrogens with one attached hydrogen (secondary N) is 4. The van der Waals surface area contributed by atoms with E-state index in [-0.39, 0.29) is 0 Å². The van der Waals surface area contributed by atoms with Crippen LogP contribution >= 0.6 is 0 Å². The van der Waals surface area contributed by atoms with Crippen LogP contribution in [0.15, 0.2) is 0 Å². The molecule has 0 aromatic rings. The van der Waals surface area contributed by atoms with Crippen molar-refractivity contribution in [2.45, 2.75) is 373 Å². The van der Waals surface area contributed by atoms with E-state index in [4.69, 9.17) is 99.5 Å². The molecule has 0 spiro atoms. The van der Waals surface area contributed by atoms with Gasteiger partial charge in [0.15, 0.2) is 69.2 Å². The Labute approximate surface area is 736 Å². The van der Waals surface area contributed by atoms with Gasteiger partial charge in [-0.1, -0.05) is 0 Å². The summed E-state index contributed by atoms with van der Waals surface area (Å²) in [4.78, 5) is 52.8. The maximum atomic E-state index is 13.7. The van der Waals surface area contributed by atoms with E-state index < -0.39 is 415 Å². The van der Waals surface area contributed by atoms with E-state index in [1.54, 1.807) is 0 Å². The molecule has 0 aliphatic carbocycles. The van der Waals surface area contributed by atoms with Crippen LogP contribution in [-0.4, -0.2) is 557 Å². The molecule has 32 N–H and O–H groups in total. The lowest BCUT2D eigenvalue weighted by Gasteiger charge is -2.52. The van der Waals surface area contributed by atoms with Crippen LogP contribution in [0.4, 0.5) is 0 Å². The first-order valence-electron chi connectivity index (χ1n) is 41.8. The second-order valence-corrected chi connectivity index (χ2v) is 33.3. The summed E-state index contributed by atoms with van der Waals surface area (Å²) in [5.41, 5.74) is 0. The van der Waals surface area contributed by atoms with Gasteiger partial charge in [-0.2, -0.15) is 0 Å². The normalized spacial score (nSPS) is 50.3. The Hall–Kier alpha value is -4.08. The molecule has 0 aromatic carbocycles. The first-order valence-corrected chi connectivity index (χ1v) is 41.8. The van der Waals surface area contributed by atoms with Crippen molar-refractivity contribution in [3.05, 3.63) is 0 Å². The lowest BCUT2D eigenvalue weighted by atomic mass is 9.93. The number of hydrogen-bond acceptors (Lipinski definition) is 53. The quantitative estimate of drug-likeness (QED) is 0.0290. The molecule has 54 atom stereocenters. The molecule has 0 unspecified atom stereocenters. The van der Waals surface area contributed by atoms with Gasteiger partial charge in [-0.05, 0) is 13.8 Å². The molecule has 11 saturated heterocycles. The minimum absolute atomic E-state index is 0.880. The van der Waals surface area contributed by atoms with Gasteiger partial charge in [0.1, 0.15) is 250 Å². The Balaban J connectivity index is 1.02. The van der Waals surface area contributed by atoms with E-state index in [1.165, 1.54) is 13.8 Å². The van der Waals surface area contributed by atoms with Crippen molar-refractivity contribution >= 4 is 23.6 Å². The lowest BCUT2D eigenvalue weighted by molar-refractivity contribution is -0.411. The summed E-state index contributed by atoms with van der Waals surface area (Å²) in [6, 6.07) is -7.91. The van der Waals surface area contributed by atoms with Gasteiger partial charge in [0.05, 0.1) is 71.7 Å². The average molecular weight is 1900 g/mol. The third kappa shape index (κ3) is 23.1. The van der Waals surface area contributed by atoms with Crippen LogP contribution in [0.25, 0.3) is 0 Å². The molecular weight excluding hydrogens is 1780 g/mol. The molecule has 0 bridgehead atoms. The zero-order chi connectivity index (χ0) is 95.5. The zero-order valence-corrected chi connectivity index (χ0v) is 70.3. The Morgan fingerprint density at radius 1 is 0.215 bits per heavy atom. The van der Waals surface area contributed by atoms with E-state index in [2.05, 4.69) is 21.3 Å². The third-order valence-corrected chi connectivity index (χ3v) is 24.2. The highest BCUT2D eigenvalue weighted by atomic mass is 16.8. The second-order valence-electron chi connectivity index (χ2n) is 33.3. The Bertz CT molecular complexity index is 3560. The highest BCUT2D eigenvalue weighted by Gasteiger charge is 2.64. The summed E-state index contributed by atoms with van der Waals surface area (Å²) < 4.78 is 129. The molecule has 0 radical (unpaired) electrons. The Kier molecular flexibility index (Phi) is 37.7. The molecule has 57 nitrogen and oxygen atoms in total. The lowest BCUT2D eigenvalue weighted by Crippen LogP contribution is -2.72. The van der Waals surface area contributed by atoms with Crippen molar-refractivity contribution < 1.29 is 262 Å². The van der Waals surface area contributed by atoms with Gasteiger partial charge in [0.25, 0.3) is 0 Å². The van der Waals surface area contributed by atoms with Gasteiger partial charge < -0.3 is 264 Å². The Morgan fingerprint density at radius 2 is 0.485 bits per heavy atom. The van der Waals surface area contributed by atoms with Crippen molar-refractivity contribution in [1.82, 2.24) is 21.3 Å². The average Bonchev–Trinajstić information content (AvgIpc) is 1.01. The highest BCUT2D eigenvalue weighted by molar-refractivity contribution is 5.74. The molecule has 752 valence electrons. The monoisotopic (exact) mass is 1900 g/mol. The molecule has 4 amide bonds. The minimum atomic E-state index is -2.65. The SMILES string of the molecule is CC(=O)N[C@@H]1[C@@H](O[C@@H]2O[C@@H](C)[C@@H](O)[C@@H](O)[C@@H]2O)[C@H](O[C@@H]2O[C@H](CO)[C@@H](O[C@@H]3O[C@H](CO[C@H]4O[C@H](CO)[C@@H](O)[C@H](O)[C@@H]4O[C@@H]4O[C@H](CO)[C@@H](O)[C@H](O)[C@H]4NC(C)=O)[C@@H](O)[C@H](O[C@H]4O[C@H](CO)[C@@H](O)[C@H](O)[C@@H]4O[C@@H]4O[C@H](CO)[C@@H](O[C@@H]5O[C@@H](C)[C@@H](O)[C@@H](O)[C@@H]5O)[C@H](O[C@H]5O[C@H](CO)[C@H](O)[C@H](O)[C@H]5O)[C@H]4NC(C)=O)[C@@H]3O[C@@H]3O[C@H](CO)[C@H](O)[C@H]3O)[C@H](O)[C@H]2NC(C)=O)[C@@H](CO)O[C@H]1O. The van der Waals surface area contributed by atoms with Crippen LogP contribution in [-0.2, 0) is 119 Å². The molecule has 11 rings (SSSR count). The number of rotatable bonds is 33. The molecule has 130 heavy (non-hydrogen) atoms. The van der Waals surface area contributed by atoms with Crippen molar-refractivity contribution in [3.63, 3.8) is 0 Å². The maximum Gasteiger partial charge on any atom is 0.217 e. The summed E-state index contributed by atoms with van der Waals surface area (Å²) in [6.45, 7) is -4.55. The van der Waals surface area contributed by atoms with Crippen LogP contribution < -0.4 is 21.3 Å². The van der Waals surface area contributed by atoms with E-state index in [1.807, 2.05) is 0 Å². The van der Waals surface area contributed by atoms with E-state index >= 15 is 0 Å². The summed E-state index contributed by atoms with van der Waals surface area (Å²) in [7, 11) is 0. The molecule has 0 aromatic heterocycles. The number of carbonyl (C=O) groups excluding carboxylic acids is 4. The summed E-state index contributed by atoms with van der Waals surface area (Å²) >= 11 is 0. The number of aliphatic hydroxyl groups excluding tert-OH is 28. The molecule has 11 heterocycles. The first-order chi connectivity index (χ1) is 61.5. The van der Waals surface area contributed by atoms with Crippen molar-refractivity contribution in [3.8, 4) is 0 Å². The minimum Gasteiger partial charge on any atom is -0.394 e. The number of hydrogen-bond donors (Lipinski definition) is 32. The van der Waals surface area contributed by atoms with E-state index in [0.717, 1.165) is 27.7 Å². The Morgan fingerprint density at radius 3 is 0.938 bits per heavy atom. The number of ether oxygens (including phenoxy) is 21. The van der Waals surface area contributed by atoms with E-state index in [0.29, 0.717) is 0 Å². The van der Waals surface area contributed by atoms with Crippen molar-refractivity contribution in [2.75, 3.05) is 59.5 Å². The van der Waals surface area contributed by atoms with Crippen LogP contribution in [0.3, 0.4) is 0 Å².